The van der Waals surface area contributed by atoms with Crippen LogP contribution in [-0.2, 0) is 0 Å². The van der Waals surface area contributed by atoms with E-state index in [-0.39, 0.29) is 0 Å². The number of benzene rings is 4. The quantitative estimate of drug-likeness (QED) is 0.104. The summed E-state index contributed by atoms with van der Waals surface area (Å²) in [6.07, 6.45) is 15.0. The molecular formula is C36H46O2. The van der Waals surface area contributed by atoms with Gasteiger partial charge in [0.15, 0.2) is 11.5 Å². The van der Waals surface area contributed by atoms with Crippen molar-refractivity contribution in [3.05, 3.63) is 72.8 Å². The van der Waals surface area contributed by atoms with E-state index in [1.807, 2.05) is 0 Å². The molecule has 202 valence electrons. The van der Waals surface area contributed by atoms with Crippen molar-refractivity contribution in [2.24, 2.45) is 0 Å². The minimum atomic E-state index is 0.721. The second-order valence-electron chi connectivity index (χ2n) is 10.6. The van der Waals surface area contributed by atoms with E-state index in [9.17, 15) is 0 Å². The van der Waals surface area contributed by atoms with Gasteiger partial charge in [-0.05, 0) is 58.1 Å². The van der Waals surface area contributed by atoms with Crippen LogP contribution < -0.4 is 9.47 Å². The number of ether oxygens (including phenoxy) is 2. The van der Waals surface area contributed by atoms with Gasteiger partial charge in [0.1, 0.15) is 0 Å². The summed E-state index contributed by atoms with van der Waals surface area (Å²) in [5, 5.41) is 4.92. The molecule has 2 heteroatoms. The highest BCUT2D eigenvalue weighted by atomic mass is 16.5. The van der Waals surface area contributed by atoms with Gasteiger partial charge < -0.3 is 9.47 Å². The fraction of sp³-hybridized carbons (Fsp3) is 0.444. The maximum atomic E-state index is 6.63. The number of rotatable bonds is 17. The lowest BCUT2D eigenvalue weighted by Crippen LogP contribution is -2.05. The zero-order chi connectivity index (χ0) is 26.4. The predicted molar refractivity (Wildman–Crippen MR) is 165 cm³/mol. The van der Waals surface area contributed by atoms with Crippen molar-refractivity contribution in [3.63, 3.8) is 0 Å². The number of hydrogen-bond acceptors (Lipinski definition) is 2. The van der Waals surface area contributed by atoms with Crippen LogP contribution in [0.5, 0.6) is 11.5 Å². The highest BCUT2D eigenvalue weighted by Crippen LogP contribution is 2.45. The van der Waals surface area contributed by atoms with E-state index in [4.69, 9.17) is 9.47 Å². The maximum absolute atomic E-state index is 6.63. The van der Waals surface area contributed by atoms with Gasteiger partial charge in [-0.1, -0.05) is 133 Å². The molecule has 0 atom stereocenters. The van der Waals surface area contributed by atoms with Gasteiger partial charge in [-0.2, -0.15) is 0 Å². The first-order chi connectivity index (χ1) is 18.8. The zero-order valence-corrected chi connectivity index (χ0v) is 23.6. The smallest absolute Gasteiger partial charge is 0.169 e. The highest BCUT2D eigenvalue weighted by molar-refractivity contribution is 6.08. The Bertz CT molecular complexity index is 1240. The summed E-state index contributed by atoms with van der Waals surface area (Å²) in [4.78, 5) is 0. The van der Waals surface area contributed by atoms with Crippen molar-refractivity contribution in [3.8, 4) is 22.6 Å². The number of hydrogen-bond donors (Lipinski definition) is 0. The van der Waals surface area contributed by atoms with Crippen LogP contribution >= 0.6 is 0 Å². The summed E-state index contributed by atoms with van der Waals surface area (Å²) in [5.41, 5.74) is 2.33. The zero-order valence-electron chi connectivity index (χ0n) is 23.6. The largest absolute Gasteiger partial charge is 0.490 e. The molecule has 38 heavy (non-hydrogen) atoms. The van der Waals surface area contributed by atoms with Gasteiger partial charge in [0.25, 0.3) is 0 Å². The Morgan fingerprint density at radius 2 is 1.05 bits per heavy atom. The Kier molecular flexibility index (Phi) is 11.4. The van der Waals surface area contributed by atoms with Crippen molar-refractivity contribution in [1.29, 1.82) is 0 Å². The van der Waals surface area contributed by atoms with E-state index < -0.39 is 0 Å². The molecule has 0 spiro atoms. The lowest BCUT2D eigenvalue weighted by molar-refractivity contribution is 0.260. The first-order valence-corrected chi connectivity index (χ1v) is 15.1. The third-order valence-electron chi connectivity index (χ3n) is 7.49. The summed E-state index contributed by atoms with van der Waals surface area (Å²) in [7, 11) is 0. The predicted octanol–water partition coefficient (Wildman–Crippen LogP) is 11.1. The molecule has 4 aromatic rings. The molecule has 0 fully saturated rings. The Morgan fingerprint density at radius 3 is 1.71 bits per heavy atom. The summed E-state index contributed by atoms with van der Waals surface area (Å²) >= 11 is 0. The van der Waals surface area contributed by atoms with Crippen LogP contribution in [0.25, 0.3) is 32.7 Å². The van der Waals surface area contributed by atoms with Crippen molar-refractivity contribution in [2.75, 3.05) is 13.2 Å². The first-order valence-electron chi connectivity index (χ1n) is 15.1. The van der Waals surface area contributed by atoms with Gasteiger partial charge in [0, 0.05) is 5.56 Å². The van der Waals surface area contributed by atoms with Gasteiger partial charge in [-0.25, -0.2) is 0 Å². The maximum Gasteiger partial charge on any atom is 0.169 e. The molecule has 0 saturated heterocycles. The molecule has 0 unspecified atom stereocenters. The van der Waals surface area contributed by atoms with E-state index in [1.165, 1.54) is 91.3 Å². The minimum absolute atomic E-state index is 0.721. The molecule has 4 rings (SSSR count). The first kappa shape index (κ1) is 28.0. The summed E-state index contributed by atoms with van der Waals surface area (Å²) in [5.74, 6) is 1.78. The molecule has 0 aliphatic carbocycles. The Morgan fingerprint density at radius 1 is 0.500 bits per heavy atom. The van der Waals surface area contributed by atoms with Crippen LogP contribution in [0.4, 0.5) is 0 Å². The normalized spacial score (nSPS) is 11.3. The molecule has 0 aromatic heterocycles. The number of fused-ring (bicyclic) bond motifs is 2. The van der Waals surface area contributed by atoms with Gasteiger partial charge in [0.2, 0.25) is 0 Å². The topological polar surface area (TPSA) is 18.5 Å². The van der Waals surface area contributed by atoms with E-state index in [2.05, 4.69) is 86.6 Å². The molecule has 4 aromatic carbocycles. The van der Waals surface area contributed by atoms with Gasteiger partial charge in [-0.15, -0.1) is 0 Å². The van der Waals surface area contributed by atoms with Crippen LogP contribution in [0.2, 0.25) is 0 Å². The molecule has 0 heterocycles. The van der Waals surface area contributed by atoms with Crippen LogP contribution in [0, 0.1) is 0 Å². The van der Waals surface area contributed by atoms with Crippen molar-refractivity contribution in [1.82, 2.24) is 0 Å². The van der Waals surface area contributed by atoms with Gasteiger partial charge in [0.05, 0.1) is 13.2 Å². The van der Waals surface area contributed by atoms with Crippen molar-refractivity contribution >= 4 is 21.5 Å². The minimum Gasteiger partial charge on any atom is -0.490 e. The van der Waals surface area contributed by atoms with Crippen LogP contribution in [0.3, 0.4) is 0 Å². The average molecular weight is 511 g/mol. The molecule has 0 N–H and O–H groups in total. The highest BCUT2D eigenvalue weighted by Gasteiger charge is 2.19. The second kappa shape index (κ2) is 15.4. The second-order valence-corrected chi connectivity index (χ2v) is 10.6. The third-order valence-corrected chi connectivity index (χ3v) is 7.49. The standard InChI is InChI=1S/C36H46O2/c1-3-5-7-9-11-18-24-37-34-28-32-26-30-22-16-17-23-31(30)27-33(32)35(29-20-14-13-15-21-29)36(34)38-25-19-12-10-8-6-4-2/h13-17,20-23,26-28H,3-12,18-19,24-25H2,1-2H3. The molecule has 0 aliphatic rings. The van der Waals surface area contributed by atoms with Crippen molar-refractivity contribution < 1.29 is 9.47 Å². The molecule has 0 radical (unpaired) electrons. The third kappa shape index (κ3) is 7.76. The number of unbranched alkanes of at least 4 members (excludes halogenated alkanes) is 10. The van der Waals surface area contributed by atoms with E-state index in [0.29, 0.717) is 0 Å². The molecular weight excluding hydrogens is 464 g/mol. The molecule has 0 amide bonds. The molecule has 0 bridgehead atoms. The fourth-order valence-corrected chi connectivity index (χ4v) is 5.31. The van der Waals surface area contributed by atoms with E-state index in [0.717, 1.165) is 43.1 Å². The summed E-state index contributed by atoms with van der Waals surface area (Å²) in [6, 6.07) is 26.1. The fourth-order valence-electron chi connectivity index (χ4n) is 5.31. The Balaban J connectivity index is 1.65. The van der Waals surface area contributed by atoms with Crippen LogP contribution in [0.1, 0.15) is 90.9 Å². The lowest BCUT2D eigenvalue weighted by Gasteiger charge is -2.20. The van der Waals surface area contributed by atoms with Gasteiger partial charge in [-0.3, -0.25) is 0 Å². The van der Waals surface area contributed by atoms with Gasteiger partial charge >= 0.3 is 0 Å². The Labute approximate surface area is 230 Å². The summed E-state index contributed by atoms with van der Waals surface area (Å²) in [6.45, 7) is 5.98. The lowest BCUT2D eigenvalue weighted by atomic mass is 9.94. The van der Waals surface area contributed by atoms with E-state index in [1.54, 1.807) is 0 Å². The molecule has 0 saturated carbocycles. The SMILES string of the molecule is CCCCCCCCOc1cc2cc3ccccc3cc2c(-c2ccccc2)c1OCCCCCCCC. The molecule has 0 aliphatic heterocycles. The van der Waals surface area contributed by atoms with Crippen molar-refractivity contribution in [2.45, 2.75) is 90.9 Å². The Hall–Kier alpha value is -3.00. The summed E-state index contributed by atoms with van der Waals surface area (Å²) < 4.78 is 13.1. The average Bonchev–Trinajstić information content (AvgIpc) is 2.95. The van der Waals surface area contributed by atoms with Crippen LogP contribution in [-0.4, -0.2) is 13.2 Å². The monoisotopic (exact) mass is 510 g/mol. The van der Waals surface area contributed by atoms with Crippen LogP contribution in [0.15, 0.2) is 72.8 Å². The molecule has 2 nitrogen and oxygen atoms in total. The van der Waals surface area contributed by atoms with E-state index >= 15 is 0 Å².